The number of carbonyl (C=O) groups is 2. The molecule has 11 nitrogen and oxygen atoms in total. The first-order valence-electron chi connectivity index (χ1n) is 14.2. The van der Waals surface area contributed by atoms with Crippen LogP contribution in [0.5, 0.6) is 11.5 Å². The molecule has 3 heterocycles. The lowest BCUT2D eigenvalue weighted by Gasteiger charge is -2.31. The molecule has 47 heavy (non-hydrogen) atoms. The maximum atomic E-state index is 14.8. The van der Waals surface area contributed by atoms with Gasteiger partial charge in [-0.1, -0.05) is 0 Å². The highest BCUT2D eigenvalue weighted by atomic mass is 19.4. The van der Waals surface area contributed by atoms with Gasteiger partial charge in [0, 0.05) is 40.2 Å². The first kappa shape index (κ1) is 33.2. The molecule has 2 amide bonds. The van der Waals surface area contributed by atoms with Gasteiger partial charge in [-0.05, 0) is 62.4 Å². The van der Waals surface area contributed by atoms with E-state index in [-0.39, 0.29) is 47.1 Å². The number of carbonyl (C=O) groups excluding carboxylic acids is 2. The van der Waals surface area contributed by atoms with Crippen LogP contribution >= 0.6 is 0 Å². The zero-order chi connectivity index (χ0) is 34.1. The Hall–Kier alpha value is -5.15. The van der Waals surface area contributed by atoms with Crippen molar-refractivity contribution in [3.63, 3.8) is 0 Å². The van der Waals surface area contributed by atoms with Crippen molar-refractivity contribution in [2.75, 3.05) is 19.8 Å². The average molecular weight is 656 g/mol. The Balaban J connectivity index is 1.54. The minimum Gasteiger partial charge on any atom is -0.490 e. The summed E-state index contributed by atoms with van der Waals surface area (Å²) in [7, 11) is 0. The number of aliphatic hydroxyl groups excluding tert-OH is 1. The number of nitrogens with zero attached hydrogens (tertiary/aromatic N) is 3. The van der Waals surface area contributed by atoms with Gasteiger partial charge in [0.15, 0.2) is 0 Å². The van der Waals surface area contributed by atoms with Crippen molar-refractivity contribution in [3.05, 3.63) is 89.9 Å². The number of alkyl halides is 3. The maximum absolute atomic E-state index is 14.8. The largest absolute Gasteiger partial charge is 0.490 e. The monoisotopic (exact) mass is 655 g/mol. The van der Waals surface area contributed by atoms with Gasteiger partial charge in [-0.15, -0.1) is 0 Å². The number of aliphatic hydroxyl groups is 2. The van der Waals surface area contributed by atoms with Gasteiger partial charge in [-0.2, -0.15) is 13.2 Å². The normalized spacial score (nSPS) is 17.6. The summed E-state index contributed by atoms with van der Waals surface area (Å²) < 4.78 is 69.3. The SMILES string of the molecule is C[C@@H](O)COc1ccc(C(=O)NCC(O)(c2cc3c(c(-c4ccc(F)cc4)n2)OC[C@]3(C)C(N)=O)C(F)(F)F)cc1-c1cncnc1. The van der Waals surface area contributed by atoms with Crippen LogP contribution in [0.15, 0.2) is 67.3 Å². The molecule has 4 aromatic rings. The van der Waals surface area contributed by atoms with Crippen molar-refractivity contribution >= 4 is 11.8 Å². The molecule has 0 radical (unpaired) electrons. The van der Waals surface area contributed by atoms with E-state index in [2.05, 4.69) is 20.3 Å². The molecule has 5 rings (SSSR count). The minimum atomic E-state index is -5.39. The Labute approximate surface area is 265 Å². The number of nitrogens with one attached hydrogen (secondary N) is 1. The third-order valence-electron chi connectivity index (χ3n) is 7.72. The van der Waals surface area contributed by atoms with Crippen molar-refractivity contribution in [1.82, 2.24) is 20.3 Å². The van der Waals surface area contributed by atoms with Gasteiger partial charge in [-0.25, -0.2) is 19.3 Å². The summed E-state index contributed by atoms with van der Waals surface area (Å²) in [4.78, 5) is 37.7. The molecule has 5 N–H and O–H groups in total. The average Bonchev–Trinajstić information content (AvgIpc) is 3.40. The third-order valence-corrected chi connectivity index (χ3v) is 7.72. The highest BCUT2D eigenvalue weighted by molar-refractivity contribution is 5.96. The molecule has 0 saturated heterocycles. The van der Waals surface area contributed by atoms with E-state index in [4.69, 9.17) is 15.2 Å². The number of nitrogens with two attached hydrogens (primary N) is 1. The number of pyridine rings is 1. The van der Waals surface area contributed by atoms with Gasteiger partial charge in [0.2, 0.25) is 11.5 Å². The van der Waals surface area contributed by atoms with E-state index in [1.165, 1.54) is 62.9 Å². The number of aromatic nitrogens is 3. The molecule has 0 spiro atoms. The molecule has 0 fully saturated rings. The summed E-state index contributed by atoms with van der Waals surface area (Å²) in [6, 6.07) is 9.54. The quantitative estimate of drug-likeness (QED) is 0.187. The topological polar surface area (TPSA) is 170 Å². The number of primary amides is 1. The number of halogens is 4. The molecule has 15 heteroatoms. The fourth-order valence-corrected chi connectivity index (χ4v) is 4.92. The van der Waals surface area contributed by atoms with Crippen LogP contribution in [0.2, 0.25) is 0 Å². The Morgan fingerprint density at radius 2 is 1.79 bits per heavy atom. The van der Waals surface area contributed by atoms with E-state index in [0.29, 0.717) is 11.1 Å². The Morgan fingerprint density at radius 1 is 1.11 bits per heavy atom. The molecule has 1 aliphatic rings. The molecule has 1 aliphatic heterocycles. The standard InChI is InChI=1S/C32H29F4N5O6/c1-17(42)13-46-24-8-5-19(9-22(24)20-11-38-16-39-12-20)28(43)40-14-31(45,32(34,35)36)25-10-23-27(47-15-30(23,2)29(37)44)26(41-25)18-3-6-21(33)7-4-18/h3-12,16-17,42,45H,13-15H2,1-2H3,(H2,37,44)(H,40,43)/t17-,30+,31?/m1/s1. The molecule has 1 unspecified atom stereocenters. The lowest BCUT2D eigenvalue weighted by molar-refractivity contribution is -0.265. The van der Waals surface area contributed by atoms with Crippen LogP contribution in [-0.2, 0) is 15.8 Å². The third kappa shape index (κ3) is 6.44. The number of hydrogen-bond acceptors (Lipinski definition) is 9. The highest BCUT2D eigenvalue weighted by Gasteiger charge is 2.57. The number of fused-ring (bicyclic) bond motifs is 1. The van der Waals surface area contributed by atoms with E-state index in [9.17, 15) is 37.4 Å². The number of hydrogen-bond donors (Lipinski definition) is 4. The van der Waals surface area contributed by atoms with Gasteiger partial charge in [0.05, 0.1) is 18.3 Å². The van der Waals surface area contributed by atoms with Crippen LogP contribution < -0.4 is 20.5 Å². The molecule has 246 valence electrons. The number of ether oxygens (including phenoxy) is 2. The number of rotatable bonds is 10. The van der Waals surface area contributed by atoms with Crippen LogP contribution in [0.25, 0.3) is 22.4 Å². The van der Waals surface area contributed by atoms with Crippen molar-refractivity contribution in [3.8, 4) is 33.9 Å². The summed E-state index contributed by atoms with van der Waals surface area (Å²) in [6.45, 7) is 1.09. The molecule has 0 saturated carbocycles. The number of amides is 2. The zero-order valence-corrected chi connectivity index (χ0v) is 25.0. The van der Waals surface area contributed by atoms with Crippen molar-refractivity contribution in [2.45, 2.75) is 37.1 Å². The predicted molar refractivity (Wildman–Crippen MR) is 159 cm³/mol. The van der Waals surface area contributed by atoms with E-state index in [0.717, 1.165) is 18.2 Å². The van der Waals surface area contributed by atoms with E-state index in [1.54, 1.807) is 0 Å². The smallest absolute Gasteiger partial charge is 0.424 e. The lowest BCUT2D eigenvalue weighted by atomic mass is 9.81. The zero-order valence-electron chi connectivity index (χ0n) is 25.0. The summed E-state index contributed by atoms with van der Waals surface area (Å²) in [5.74, 6) is -2.31. The van der Waals surface area contributed by atoms with Gasteiger partial charge >= 0.3 is 6.18 Å². The Morgan fingerprint density at radius 3 is 2.40 bits per heavy atom. The first-order valence-corrected chi connectivity index (χ1v) is 14.2. The second-order valence-corrected chi connectivity index (χ2v) is 11.3. The Kier molecular flexibility index (Phi) is 8.88. The molecule has 2 aromatic heterocycles. The van der Waals surface area contributed by atoms with Gasteiger partial charge in [0.1, 0.15) is 48.0 Å². The van der Waals surface area contributed by atoms with Crippen LogP contribution in [0, 0.1) is 5.82 Å². The first-order chi connectivity index (χ1) is 22.1. The lowest BCUT2D eigenvalue weighted by Crippen LogP contribution is -2.51. The van der Waals surface area contributed by atoms with Crippen molar-refractivity contribution in [1.29, 1.82) is 0 Å². The van der Waals surface area contributed by atoms with Gasteiger partial charge in [0.25, 0.3) is 5.91 Å². The number of benzene rings is 2. The van der Waals surface area contributed by atoms with Crippen LogP contribution in [0.1, 0.15) is 35.5 Å². The van der Waals surface area contributed by atoms with Gasteiger partial charge < -0.3 is 30.7 Å². The molecule has 3 atom stereocenters. The second kappa shape index (κ2) is 12.6. The Bertz CT molecular complexity index is 1810. The van der Waals surface area contributed by atoms with Crippen LogP contribution in [0.3, 0.4) is 0 Å². The summed E-state index contributed by atoms with van der Waals surface area (Å²) in [6.07, 6.45) is -2.06. The van der Waals surface area contributed by atoms with Crippen LogP contribution in [-0.4, -0.2) is 69.0 Å². The van der Waals surface area contributed by atoms with Crippen molar-refractivity contribution in [2.24, 2.45) is 5.73 Å². The summed E-state index contributed by atoms with van der Waals surface area (Å²) in [5.41, 5.74) is -0.190. The highest BCUT2D eigenvalue weighted by Crippen LogP contribution is 2.47. The minimum absolute atomic E-state index is 0.0504. The van der Waals surface area contributed by atoms with Crippen LogP contribution in [0.4, 0.5) is 17.6 Å². The fourth-order valence-electron chi connectivity index (χ4n) is 4.92. The predicted octanol–water partition coefficient (Wildman–Crippen LogP) is 3.42. The van der Waals surface area contributed by atoms with E-state index < -0.39 is 53.2 Å². The fraction of sp³-hybridized carbons (Fsp3) is 0.281. The van der Waals surface area contributed by atoms with Gasteiger partial charge in [-0.3, -0.25) is 9.59 Å². The molecule has 0 bridgehead atoms. The van der Waals surface area contributed by atoms with E-state index >= 15 is 0 Å². The molecule has 2 aromatic carbocycles. The summed E-state index contributed by atoms with van der Waals surface area (Å²) in [5, 5.41) is 23.1. The summed E-state index contributed by atoms with van der Waals surface area (Å²) >= 11 is 0. The second-order valence-electron chi connectivity index (χ2n) is 11.3. The van der Waals surface area contributed by atoms with E-state index in [1.807, 2.05) is 0 Å². The maximum Gasteiger partial charge on any atom is 0.424 e. The van der Waals surface area contributed by atoms with Crippen molar-refractivity contribution < 1.29 is 46.8 Å². The molecule has 0 aliphatic carbocycles. The molecular weight excluding hydrogens is 626 g/mol. The molecular formula is C32H29F4N5O6.